The second kappa shape index (κ2) is 15.1. The van der Waals surface area contributed by atoms with E-state index in [2.05, 4.69) is 40.0 Å². The molecule has 0 radical (unpaired) electrons. The molecule has 3 aromatic rings. The van der Waals surface area contributed by atoms with Gasteiger partial charge >= 0.3 is 0 Å². The van der Waals surface area contributed by atoms with Crippen molar-refractivity contribution in [2.24, 2.45) is 4.99 Å². The van der Waals surface area contributed by atoms with Gasteiger partial charge in [0.1, 0.15) is 22.9 Å². The normalized spacial score (nSPS) is 17.4. The number of aromatic nitrogens is 3. The minimum absolute atomic E-state index is 0.0865. The fourth-order valence-electron chi connectivity index (χ4n) is 5.82. The Labute approximate surface area is 277 Å². The minimum atomic E-state index is -0.620. The van der Waals surface area contributed by atoms with E-state index in [9.17, 15) is 19.2 Å². The summed E-state index contributed by atoms with van der Waals surface area (Å²) >= 11 is 7.88. The number of unbranched alkanes of at least 4 members (excludes halogenated alkanes) is 5. The van der Waals surface area contributed by atoms with Gasteiger partial charge in [0, 0.05) is 40.4 Å². The monoisotopic (exact) mass is 665 g/mol. The molecule has 13 heteroatoms. The van der Waals surface area contributed by atoms with Gasteiger partial charge in [-0.3, -0.25) is 34.1 Å². The number of nitrogens with one attached hydrogen (secondary N) is 3. The Morgan fingerprint density at radius 3 is 2.46 bits per heavy atom. The third-order valence-electron chi connectivity index (χ3n) is 8.46. The molecule has 2 atom stereocenters. The highest BCUT2D eigenvalue weighted by Crippen LogP contribution is 2.39. The Morgan fingerprint density at radius 1 is 1.00 bits per heavy atom. The summed E-state index contributed by atoms with van der Waals surface area (Å²) in [5, 5.41) is 18.5. The number of hydrogen-bond acceptors (Lipinski definition) is 8. The molecular formula is C33H40ClN7O4S. The first-order valence-electron chi connectivity index (χ1n) is 15.9. The van der Waals surface area contributed by atoms with Gasteiger partial charge in [-0.05, 0) is 57.7 Å². The number of rotatable bonds is 13. The molecule has 1 saturated heterocycles. The van der Waals surface area contributed by atoms with Crippen molar-refractivity contribution in [1.29, 1.82) is 0 Å². The van der Waals surface area contributed by atoms with Gasteiger partial charge in [0.2, 0.25) is 23.6 Å². The summed E-state index contributed by atoms with van der Waals surface area (Å²) in [6, 6.07) is 6.51. The lowest BCUT2D eigenvalue weighted by molar-refractivity contribution is -0.137. The molecule has 0 saturated carbocycles. The molecule has 2 aliphatic heterocycles. The summed E-state index contributed by atoms with van der Waals surface area (Å²) < 4.78 is 2.04. The predicted molar refractivity (Wildman–Crippen MR) is 178 cm³/mol. The Bertz CT molecular complexity index is 1650. The summed E-state index contributed by atoms with van der Waals surface area (Å²) in [6.45, 7) is 6.70. The topological polar surface area (TPSA) is 147 Å². The quantitative estimate of drug-likeness (QED) is 0.174. The van der Waals surface area contributed by atoms with Crippen LogP contribution in [0.5, 0.6) is 0 Å². The van der Waals surface area contributed by atoms with Crippen LogP contribution in [0.3, 0.4) is 0 Å². The summed E-state index contributed by atoms with van der Waals surface area (Å²) in [4.78, 5) is 54.7. The van der Waals surface area contributed by atoms with Crippen LogP contribution in [-0.2, 0) is 19.2 Å². The van der Waals surface area contributed by atoms with E-state index in [4.69, 9.17) is 16.6 Å². The van der Waals surface area contributed by atoms with Gasteiger partial charge in [-0.1, -0.05) is 49.4 Å². The zero-order valence-corrected chi connectivity index (χ0v) is 28.0. The van der Waals surface area contributed by atoms with E-state index in [0.717, 1.165) is 71.8 Å². The number of piperidine rings is 1. The molecule has 2 aliphatic rings. The Hall–Kier alpha value is -3.90. The second-order valence-corrected chi connectivity index (χ2v) is 13.5. The summed E-state index contributed by atoms with van der Waals surface area (Å²) in [6.07, 6.45) is 6.58. The molecule has 46 heavy (non-hydrogen) atoms. The third-order valence-corrected chi connectivity index (χ3v) is 9.91. The lowest BCUT2D eigenvalue weighted by atomic mass is 9.99. The highest BCUT2D eigenvalue weighted by atomic mass is 35.5. The largest absolute Gasteiger partial charge is 0.356 e. The molecule has 0 bridgehead atoms. The van der Waals surface area contributed by atoms with Gasteiger partial charge in [0.15, 0.2) is 5.82 Å². The average molecular weight is 666 g/mol. The Morgan fingerprint density at radius 2 is 1.72 bits per heavy atom. The van der Waals surface area contributed by atoms with Crippen LogP contribution < -0.4 is 16.0 Å². The lowest BCUT2D eigenvalue weighted by Gasteiger charge is -2.21. The second-order valence-electron chi connectivity index (χ2n) is 11.9. The minimum Gasteiger partial charge on any atom is -0.356 e. The number of nitrogens with zero attached hydrogens (tertiary/aromatic N) is 4. The number of benzene rings is 1. The molecule has 2 aromatic heterocycles. The third kappa shape index (κ3) is 7.90. The van der Waals surface area contributed by atoms with Crippen molar-refractivity contribution >= 4 is 52.3 Å². The number of thiophene rings is 1. The molecule has 1 aromatic carbocycles. The zero-order chi connectivity index (χ0) is 32.8. The summed E-state index contributed by atoms with van der Waals surface area (Å²) in [7, 11) is 0. The van der Waals surface area contributed by atoms with Crippen LogP contribution in [0.15, 0.2) is 29.3 Å². The van der Waals surface area contributed by atoms with Crippen molar-refractivity contribution in [3.05, 3.63) is 62.5 Å². The highest BCUT2D eigenvalue weighted by molar-refractivity contribution is 7.15. The van der Waals surface area contributed by atoms with E-state index in [1.54, 1.807) is 11.3 Å². The smallest absolute Gasteiger partial charge is 0.249 e. The van der Waals surface area contributed by atoms with Crippen molar-refractivity contribution in [3.8, 4) is 5.00 Å². The fraction of sp³-hybridized carbons (Fsp3) is 0.485. The van der Waals surface area contributed by atoms with Gasteiger partial charge in [0.25, 0.3) is 0 Å². The molecular weight excluding hydrogens is 626 g/mol. The molecule has 0 unspecified atom stereocenters. The van der Waals surface area contributed by atoms with Gasteiger partial charge < -0.3 is 10.6 Å². The molecule has 1 fully saturated rings. The maximum Gasteiger partial charge on any atom is 0.249 e. The Kier molecular flexibility index (Phi) is 11.0. The van der Waals surface area contributed by atoms with Crippen molar-refractivity contribution in [3.63, 3.8) is 0 Å². The predicted octanol–water partition coefficient (Wildman–Crippen LogP) is 4.96. The molecule has 0 aliphatic carbocycles. The van der Waals surface area contributed by atoms with Gasteiger partial charge in [-0.2, -0.15) is 0 Å². The maximum absolute atomic E-state index is 13.1. The van der Waals surface area contributed by atoms with E-state index >= 15 is 0 Å². The van der Waals surface area contributed by atoms with Crippen LogP contribution in [0.1, 0.15) is 103 Å². The number of amides is 4. The number of halogens is 1. The number of hydrogen-bond donors (Lipinski definition) is 3. The standard InChI is InChI=1S/C33H40ClN7O4S/c1-19-20(2)46-33-29(19)30(22-11-13-23(34)14-12-22)37-25(31-40-39-21(3)41(31)33)18-28(44)35-17-9-7-5-4-6-8-10-26(42)36-24-15-16-27(43)38-32(24)45/h11-14,24-25H,4-10,15-18H2,1-3H3,(H,35,44)(H,36,42)(H,38,43,45)/t24-,25-/m0/s1. The number of aliphatic imine (C=N–C) groups is 1. The van der Waals surface area contributed by atoms with E-state index in [1.807, 2.05) is 35.8 Å². The number of aryl methyl sites for hydroxylation is 2. The molecule has 244 valence electrons. The van der Waals surface area contributed by atoms with E-state index in [0.29, 0.717) is 30.2 Å². The average Bonchev–Trinajstić information content (AvgIpc) is 3.50. The summed E-state index contributed by atoms with van der Waals surface area (Å²) in [5.41, 5.74) is 3.94. The number of carbonyl (C=O) groups excluding carboxylic acids is 4. The van der Waals surface area contributed by atoms with Gasteiger partial charge in [-0.25, -0.2) is 0 Å². The molecule has 11 nitrogen and oxygen atoms in total. The maximum atomic E-state index is 13.1. The highest BCUT2D eigenvalue weighted by Gasteiger charge is 2.32. The van der Waals surface area contributed by atoms with Crippen LogP contribution in [0.4, 0.5) is 0 Å². The fourth-order valence-corrected chi connectivity index (χ4v) is 7.16. The first-order valence-corrected chi connectivity index (χ1v) is 17.1. The van der Waals surface area contributed by atoms with E-state index in [-0.39, 0.29) is 30.6 Å². The number of imide groups is 1. The molecule has 4 amide bonds. The van der Waals surface area contributed by atoms with Crippen LogP contribution in [0, 0.1) is 20.8 Å². The van der Waals surface area contributed by atoms with Crippen LogP contribution in [-0.4, -0.2) is 56.7 Å². The molecule has 4 heterocycles. The molecule has 0 spiro atoms. The van der Waals surface area contributed by atoms with E-state index in [1.165, 1.54) is 4.88 Å². The van der Waals surface area contributed by atoms with Crippen molar-refractivity contribution < 1.29 is 19.2 Å². The van der Waals surface area contributed by atoms with Gasteiger partial charge in [0.05, 0.1) is 12.1 Å². The molecule has 3 N–H and O–H groups in total. The van der Waals surface area contributed by atoms with Crippen LogP contribution in [0.25, 0.3) is 5.00 Å². The van der Waals surface area contributed by atoms with Crippen molar-refractivity contribution in [2.45, 2.75) is 97.1 Å². The number of carbonyl (C=O) groups is 4. The van der Waals surface area contributed by atoms with Crippen LogP contribution >= 0.6 is 22.9 Å². The van der Waals surface area contributed by atoms with Gasteiger partial charge in [-0.15, -0.1) is 21.5 Å². The number of fused-ring (bicyclic) bond motifs is 3. The first-order chi connectivity index (χ1) is 22.1. The first kappa shape index (κ1) is 33.5. The molecule has 5 rings (SSSR count). The zero-order valence-electron chi connectivity index (χ0n) is 26.5. The van der Waals surface area contributed by atoms with E-state index < -0.39 is 18.0 Å². The lowest BCUT2D eigenvalue weighted by Crippen LogP contribution is -2.52. The summed E-state index contributed by atoms with van der Waals surface area (Å²) in [5.74, 6) is 0.439. The van der Waals surface area contributed by atoms with Crippen LogP contribution in [0.2, 0.25) is 5.02 Å². The Balaban J connectivity index is 1.09. The SMILES string of the molecule is Cc1sc2c(c1C)C(c1ccc(Cl)cc1)=N[C@@H](CC(=O)NCCCCCCCCC(=O)N[C@H]1CCC(=O)NC1=O)c1nnc(C)n1-2. The van der Waals surface area contributed by atoms with Crippen molar-refractivity contribution in [1.82, 2.24) is 30.7 Å². The van der Waals surface area contributed by atoms with Crippen molar-refractivity contribution in [2.75, 3.05) is 6.54 Å².